The quantitative estimate of drug-likeness (QED) is 0.862. The van der Waals surface area contributed by atoms with Crippen molar-refractivity contribution in [3.05, 3.63) is 22.4 Å². The van der Waals surface area contributed by atoms with E-state index in [4.69, 9.17) is 0 Å². The summed E-state index contributed by atoms with van der Waals surface area (Å²) in [5, 5.41) is 2.79. The van der Waals surface area contributed by atoms with Crippen LogP contribution in [0.5, 0.6) is 0 Å². The summed E-state index contributed by atoms with van der Waals surface area (Å²) in [6.45, 7) is 3.74. The average molecular weight is 357 g/mol. The molecule has 2 amide bonds. The van der Waals surface area contributed by atoms with E-state index in [9.17, 15) is 9.59 Å². The minimum absolute atomic E-state index is 0.108. The molecule has 0 unspecified atom stereocenters. The first-order valence-electron chi connectivity index (χ1n) is 7.04. The molecule has 7 heteroatoms. The molecular formula is C14H21BrN4O2. The number of aromatic nitrogens is 1. The van der Waals surface area contributed by atoms with Gasteiger partial charge in [-0.3, -0.25) is 9.59 Å². The summed E-state index contributed by atoms with van der Waals surface area (Å²) >= 11 is 3.33. The molecule has 1 aromatic heterocycles. The molecule has 1 saturated heterocycles. The van der Waals surface area contributed by atoms with Crippen LogP contribution in [0, 0.1) is 0 Å². The van der Waals surface area contributed by atoms with E-state index >= 15 is 0 Å². The van der Waals surface area contributed by atoms with Crippen molar-refractivity contribution in [2.24, 2.45) is 7.05 Å². The van der Waals surface area contributed by atoms with Gasteiger partial charge in [0.1, 0.15) is 5.69 Å². The van der Waals surface area contributed by atoms with E-state index in [0.29, 0.717) is 18.7 Å². The maximum atomic E-state index is 12.0. The second-order valence-corrected chi connectivity index (χ2v) is 6.26. The smallest absolute Gasteiger partial charge is 0.267 e. The predicted molar refractivity (Wildman–Crippen MR) is 84.1 cm³/mol. The number of carbonyl (C=O) groups is 2. The summed E-state index contributed by atoms with van der Waals surface area (Å²) < 4.78 is 2.62. The Balaban J connectivity index is 1.75. The van der Waals surface area contributed by atoms with Gasteiger partial charge in [-0.2, -0.15) is 0 Å². The van der Waals surface area contributed by atoms with Crippen molar-refractivity contribution < 1.29 is 9.59 Å². The zero-order valence-electron chi connectivity index (χ0n) is 12.4. The number of carbonyl (C=O) groups excluding carboxylic acids is 2. The van der Waals surface area contributed by atoms with Crippen LogP contribution in [0.25, 0.3) is 0 Å². The van der Waals surface area contributed by atoms with Gasteiger partial charge in [-0.1, -0.05) is 0 Å². The van der Waals surface area contributed by atoms with Crippen LogP contribution < -0.4 is 5.32 Å². The lowest BCUT2D eigenvalue weighted by molar-refractivity contribution is -0.132. The number of hydrogen-bond acceptors (Lipinski definition) is 3. The second-order valence-electron chi connectivity index (χ2n) is 5.34. The molecule has 1 aliphatic heterocycles. The molecule has 1 fully saturated rings. The lowest BCUT2D eigenvalue weighted by atomic mass is 10.3. The molecule has 21 heavy (non-hydrogen) atoms. The third-order valence-electron chi connectivity index (χ3n) is 3.68. The molecule has 2 heterocycles. The molecule has 0 spiro atoms. The van der Waals surface area contributed by atoms with Crippen LogP contribution in [0.4, 0.5) is 0 Å². The normalized spacial score (nSPS) is 16.0. The molecule has 0 aromatic carbocycles. The van der Waals surface area contributed by atoms with Crippen molar-refractivity contribution >= 4 is 27.7 Å². The van der Waals surface area contributed by atoms with Crippen molar-refractivity contribution in [2.75, 3.05) is 39.8 Å². The summed E-state index contributed by atoms with van der Waals surface area (Å²) in [5.41, 5.74) is 0.578. The minimum Gasteiger partial charge on any atom is -0.350 e. The van der Waals surface area contributed by atoms with Gasteiger partial charge < -0.3 is 19.7 Å². The zero-order valence-corrected chi connectivity index (χ0v) is 14.0. The van der Waals surface area contributed by atoms with E-state index in [1.54, 1.807) is 10.6 Å². The number of halogens is 1. The van der Waals surface area contributed by atoms with Gasteiger partial charge in [0.25, 0.3) is 5.91 Å². The molecule has 0 bridgehead atoms. The van der Waals surface area contributed by atoms with Gasteiger partial charge in [-0.25, -0.2) is 0 Å². The monoisotopic (exact) mass is 356 g/mol. The molecule has 1 aromatic rings. The molecule has 2 rings (SSSR count). The van der Waals surface area contributed by atoms with E-state index < -0.39 is 0 Å². The minimum atomic E-state index is -0.158. The van der Waals surface area contributed by atoms with Crippen LogP contribution in [0.3, 0.4) is 0 Å². The van der Waals surface area contributed by atoms with Crippen molar-refractivity contribution in [2.45, 2.75) is 6.42 Å². The number of nitrogens with one attached hydrogen (secondary N) is 1. The summed E-state index contributed by atoms with van der Waals surface area (Å²) in [5.74, 6) is -0.0501. The van der Waals surface area contributed by atoms with Crippen molar-refractivity contribution in [1.82, 2.24) is 19.7 Å². The van der Waals surface area contributed by atoms with E-state index in [2.05, 4.69) is 33.2 Å². The third-order valence-corrected chi connectivity index (χ3v) is 4.12. The first-order valence-corrected chi connectivity index (χ1v) is 7.83. The number of rotatable bonds is 4. The fraction of sp³-hybridized carbons (Fsp3) is 0.571. The highest BCUT2D eigenvalue weighted by Crippen LogP contribution is 2.13. The van der Waals surface area contributed by atoms with E-state index in [1.165, 1.54) is 0 Å². The van der Waals surface area contributed by atoms with E-state index in [0.717, 1.165) is 30.7 Å². The van der Waals surface area contributed by atoms with Crippen molar-refractivity contribution in [3.63, 3.8) is 0 Å². The van der Waals surface area contributed by atoms with Crippen LogP contribution in [-0.2, 0) is 11.8 Å². The van der Waals surface area contributed by atoms with Gasteiger partial charge in [-0.05, 0) is 29.0 Å². The van der Waals surface area contributed by atoms with Gasteiger partial charge in [0.2, 0.25) is 5.91 Å². The van der Waals surface area contributed by atoms with Crippen LogP contribution in [0.15, 0.2) is 16.7 Å². The Morgan fingerprint density at radius 1 is 1.24 bits per heavy atom. The molecular weight excluding hydrogens is 336 g/mol. The topological polar surface area (TPSA) is 57.6 Å². The molecule has 0 radical (unpaired) electrons. The molecule has 116 valence electrons. The molecule has 0 saturated carbocycles. The van der Waals surface area contributed by atoms with Gasteiger partial charge in [-0.15, -0.1) is 0 Å². The summed E-state index contributed by atoms with van der Waals surface area (Å²) in [7, 11) is 3.87. The third kappa shape index (κ3) is 4.31. The van der Waals surface area contributed by atoms with Gasteiger partial charge in [0.15, 0.2) is 0 Å². The molecule has 1 N–H and O–H groups in total. The number of piperazine rings is 1. The van der Waals surface area contributed by atoms with Crippen LogP contribution in [-0.4, -0.2) is 66.0 Å². The van der Waals surface area contributed by atoms with Gasteiger partial charge >= 0.3 is 0 Å². The van der Waals surface area contributed by atoms with Crippen LogP contribution in [0.1, 0.15) is 16.9 Å². The number of aryl methyl sites for hydroxylation is 1. The second kappa shape index (κ2) is 7.09. The molecule has 0 atom stereocenters. The van der Waals surface area contributed by atoms with E-state index in [-0.39, 0.29) is 11.8 Å². The number of likely N-dealkylation sites (N-methyl/N-ethyl adjacent to an activating group) is 1. The van der Waals surface area contributed by atoms with Gasteiger partial charge in [0, 0.05) is 56.9 Å². The standard InChI is InChI=1S/C14H21BrN4O2/c1-17-5-7-19(8-6-17)13(20)3-4-16-14(21)12-9-11(15)10-18(12)2/h9-10H,3-8H2,1-2H3,(H,16,21). The molecule has 6 nitrogen and oxygen atoms in total. The van der Waals surface area contributed by atoms with Crippen molar-refractivity contribution in [1.29, 1.82) is 0 Å². The fourth-order valence-electron chi connectivity index (χ4n) is 2.34. The SMILES string of the molecule is CN1CCN(C(=O)CCNC(=O)c2cc(Br)cn2C)CC1. The highest BCUT2D eigenvalue weighted by molar-refractivity contribution is 9.10. The Morgan fingerprint density at radius 2 is 1.90 bits per heavy atom. The Morgan fingerprint density at radius 3 is 2.48 bits per heavy atom. The number of nitrogens with zero attached hydrogens (tertiary/aromatic N) is 3. The van der Waals surface area contributed by atoms with Crippen LogP contribution >= 0.6 is 15.9 Å². The highest BCUT2D eigenvalue weighted by Gasteiger charge is 2.19. The number of hydrogen-bond donors (Lipinski definition) is 1. The Hall–Kier alpha value is -1.34. The fourth-order valence-corrected chi connectivity index (χ4v) is 2.86. The Bertz CT molecular complexity index is 521. The largest absolute Gasteiger partial charge is 0.350 e. The summed E-state index contributed by atoms with van der Waals surface area (Å²) in [6, 6.07) is 1.76. The van der Waals surface area contributed by atoms with E-state index in [1.807, 2.05) is 18.1 Å². The highest BCUT2D eigenvalue weighted by atomic mass is 79.9. The lowest BCUT2D eigenvalue weighted by Gasteiger charge is -2.32. The molecule has 0 aliphatic carbocycles. The predicted octanol–water partition coefficient (Wildman–Crippen LogP) is 0.681. The Kier molecular flexibility index (Phi) is 5.41. The first kappa shape index (κ1) is 16.0. The summed E-state index contributed by atoms with van der Waals surface area (Å²) in [4.78, 5) is 28.1. The van der Waals surface area contributed by atoms with Gasteiger partial charge in [0.05, 0.1) is 0 Å². The molecule has 1 aliphatic rings. The van der Waals surface area contributed by atoms with Crippen LogP contribution in [0.2, 0.25) is 0 Å². The Labute approximate surface area is 133 Å². The maximum Gasteiger partial charge on any atom is 0.267 e. The zero-order chi connectivity index (χ0) is 15.4. The number of amides is 2. The van der Waals surface area contributed by atoms with Crippen molar-refractivity contribution in [3.8, 4) is 0 Å². The first-order chi connectivity index (χ1) is 9.97. The summed E-state index contributed by atoms with van der Waals surface area (Å²) in [6.07, 6.45) is 2.17. The maximum absolute atomic E-state index is 12.0. The average Bonchev–Trinajstić information content (AvgIpc) is 2.78. The lowest BCUT2D eigenvalue weighted by Crippen LogP contribution is -2.47.